The summed E-state index contributed by atoms with van der Waals surface area (Å²) >= 11 is 0. The van der Waals surface area contributed by atoms with Gasteiger partial charge in [-0.15, -0.1) is 0 Å². The minimum atomic E-state index is -0.183. The zero-order valence-corrected chi connectivity index (χ0v) is 13.5. The Morgan fingerprint density at radius 2 is 1.68 bits per heavy atom. The smallest absolute Gasteiger partial charge is 0.262 e. The fourth-order valence-electron chi connectivity index (χ4n) is 2.65. The largest absolute Gasteiger partial charge is 0.306 e. The SMILES string of the molecule is O=c1[nH]c(/C=C/c2ccccc2)nc2nn(Cc3ccccc3)cc12. The van der Waals surface area contributed by atoms with Crippen LogP contribution in [0.3, 0.4) is 0 Å². The molecule has 5 nitrogen and oxygen atoms in total. The maximum Gasteiger partial charge on any atom is 0.262 e. The lowest BCUT2D eigenvalue weighted by Gasteiger charge is -1.99. The lowest BCUT2D eigenvalue weighted by Crippen LogP contribution is -2.08. The van der Waals surface area contributed by atoms with E-state index in [0.717, 1.165) is 11.1 Å². The van der Waals surface area contributed by atoms with Crippen molar-refractivity contribution in [2.45, 2.75) is 6.54 Å². The van der Waals surface area contributed by atoms with E-state index in [-0.39, 0.29) is 5.56 Å². The fraction of sp³-hybridized carbons (Fsp3) is 0.0500. The van der Waals surface area contributed by atoms with Crippen LogP contribution in [0.25, 0.3) is 23.2 Å². The summed E-state index contributed by atoms with van der Waals surface area (Å²) in [6, 6.07) is 19.9. The number of nitrogens with zero attached hydrogens (tertiary/aromatic N) is 3. The summed E-state index contributed by atoms with van der Waals surface area (Å²) in [6.07, 6.45) is 5.43. The van der Waals surface area contributed by atoms with Crippen LogP contribution >= 0.6 is 0 Å². The van der Waals surface area contributed by atoms with E-state index in [1.807, 2.05) is 66.7 Å². The summed E-state index contributed by atoms with van der Waals surface area (Å²) in [4.78, 5) is 19.5. The van der Waals surface area contributed by atoms with Gasteiger partial charge in [0.15, 0.2) is 5.65 Å². The van der Waals surface area contributed by atoms with Gasteiger partial charge in [-0.05, 0) is 17.2 Å². The first-order chi connectivity index (χ1) is 12.3. The van der Waals surface area contributed by atoms with Gasteiger partial charge in [0.25, 0.3) is 5.56 Å². The zero-order chi connectivity index (χ0) is 17.1. The molecule has 0 aliphatic heterocycles. The van der Waals surface area contributed by atoms with Crippen molar-refractivity contribution in [2.24, 2.45) is 0 Å². The molecule has 0 saturated heterocycles. The van der Waals surface area contributed by atoms with Gasteiger partial charge in [0.05, 0.1) is 6.54 Å². The predicted molar refractivity (Wildman–Crippen MR) is 99.1 cm³/mol. The van der Waals surface area contributed by atoms with Crippen LogP contribution in [0, 0.1) is 0 Å². The van der Waals surface area contributed by atoms with Gasteiger partial charge in [0.1, 0.15) is 11.2 Å². The molecule has 4 aromatic rings. The molecule has 0 bridgehead atoms. The molecule has 0 atom stereocenters. The zero-order valence-electron chi connectivity index (χ0n) is 13.5. The molecule has 4 rings (SSSR count). The highest BCUT2D eigenvalue weighted by Gasteiger charge is 2.08. The summed E-state index contributed by atoms with van der Waals surface area (Å²) in [6.45, 7) is 0.603. The second-order valence-electron chi connectivity index (χ2n) is 5.74. The van der Waals surface area contributed by atoms with Gasteiger partial charge in [-0.1, -0.05) is 66.7 Å². The number of H-pyrrole nitrogens is 1. The van der Waals surface area contributed by atoms with E-state index in [2.05, 4.69) is 15.1 Å². The van der Waals surface area contributed by atoms with E-state index in [0.29, 0.717) is 23.4 Å². The molecule has 25 heavy (non-hydrogen) atoms. The number of aromatic nitrogens is 4. The van der Waals surface area contributed by atoms with E-state index in [9.17, 15) is 4.79 Å². The second kappa shape index (κ2) is 6.57. The molecule has 0 saturated carbocycles. The summed E-state index contributed by atoms with van der Waals surface area (Å²) < 4.78 is 1.74. The van der Waals surface area contributed by atoms with Crippen LogP contribution in [0.5, 0.6) is 0 Å². The number of aromatic amines is 1. The van der Waals surface area contributed by atoms with Crippen molar-refractivity contribution >= 4 is 23.2 Å². The molecule has 5 heteroatoms. The maximum absolute atomic E-state index is 12.3. The summed E-state index contributed by atoms with van der Waals surface area (Å²) in [5.41, 5.74) is 2.43. The highest BCUT2D eigenvalue weighted by atomic mass is 16.1. The van der Waals surface area contributed by atoms with Crippen molar-refractivity contribution in [3.63, 3.8) is 0 Å². The molecule has 2 aromatic carbocycles. The number of rotatable bonds is 4. The van der Waals surface area contributed by atoms with E-state index in [1.165, 1.54) is 0 Å². The number of nitrogens with one attached hydrogen (secondary N) is 1. The maximum atomic E-state index is 12.3. The van der Waals surface area contributed by atoms with Gasteiger partial charge in [-0.25, -0.2) is 4.98 Å². The lowest BCUT2D eigenvalue weighted by molar-refractivity contribution is 0.693. The molecule has 0 aliphatic rings. The third-order valence-electron chi connectivity index (χ3n) is 3.88. The molecule has 0 radical (unpaired) electrons. The van der Waals surface area contributed by atoms with Crippen LogP contribution in [-0.2, 0) is 6.54 Å². The molecule has 0 unspecified atom stereocenters. The van der Waals surface area contributed by atoms with Crippen LogP contribution < -0.4 is 5.56 Å². The van der Waals surface area contributed by atoms with Crippen molar-refractivity contribution < 1.29 is 0 Å². The van der Waals surface area contributed by atoms with Crippen molar-refractivity contribution in [1.29, 1.82) is 0 Å². The first-order valence-electron chi connectivity index (χ1n) is 8.02. The monoisotopic (exact) mass is 328 g/mol. The van der Waals surface area contributed by atoms with Crippen LogP contribution in [0.15, 0.2) is 71.7 Å². The summed E-state index contributed by atoms with van der Waals surface area (Å²) in [7, 11) is 0. The molecule has 0 aliphatic carbocycles. The van der Waals surface area contributed by atoms with Crippen LogP contribution in [0.4, 0.5) is 0 Å². The molecule has 0 amide bonds. The topological polar surface area (TPSA) is 63.6 Å². The third kappa shape index (κ3) is 3.40. The normalized spacial score (nSPS) is 11.4. The van der Waals surface area contributed by atoms with E-state index in [1.54, 1.807) is 17.0 Å². The van der Waals surface area contributed by atoms with Gasteiger partial charge in [0, 0.05) is 6.20 Å². The Bertz CT molecular complexity index is 1080. The highest BCUT2D eigenvalue weighted by Crippen LogP contribution is 2.09. The fourth-order valence-corrected chi connectivity index (χ4v) is 2.65. The van der Waals surface area contributed by atoms with E-state index < -0.39 is 0 Å². The van der Waals surface area contributed by atoms with Gasteiger partial charge in [0.2, 0.25) is 0 Å². The van der Waals surface area contributed by atoms with Crippen molar-refractivity contribution in [3.05, 3.63) is 94.2 Å². The van der Waals surface area contributed by atoms with Crippen molar-refractivity contribution in [1.82, 2.24) is 19.7 Å². The number of fused-ring (bicyclic) bond motifs is 1. The number of benzene rings is 2. The molecular formula is C20H16N4O. The molecule has 0 spiro atoms. The Morgan fingerprint density at radius 3 is 2.44 bits per heavy atom. The van der Waals surface area contributed by atoms with Crippen LogP contribution in [-0.4, -0.2) is 19.7 Å². The summed E-state index contributed by atoms with van der Waals surface area (Å²) in [5.74, 6) is 0.492. The minimum absolute atomic E-state index is 0.183. The standard InChI is InChI=1S/C20H16N4O/c25-20-17-14-24(13-16-9-5-2-6-10-16)23-19(17)21-18(22-20)12-11-15-7-3-1-4-8-15/h1-12,14H,13H2,(H,21,22,23,25)/b12-11+. The Kier molecular flexibility index (Phi) is 3.96. The number of hydrogen-bond acceptors (Lipinski definition) is 3. The Morgan fingerprint density at radius 1 is 0.960 bits per heavy atom. The van der Waals surface area contributed by atoms with E-state index in [4.69, 9.17) is 0 Å². The minimum Gasteiger partial charge on any atom is -0.306 e. The average molecular weight is 328 g/mol. The van der Waals surface area contributed by atoms with Gasteiger partial charge in [-0.3, -0.25) is 9.48 Å². The van der Waals surface area contributed by atoms with Crippen molar-refractivity contribution in [3.8, 4) is 0 Å². The predicted octanol–water partition coefficient (Wildman–Crippen LogP) is 3.34. The highest BCUT2D eigenvalue weighted by molar-refractivity contribution is 5.75. The third-order valence-corrected chi connectivity index (χ3v) is 3.88. The van der Waals surface area contributed by atoms with Gasteiger partial charge < -0.3 is 4.98 Å². The second-order valence-corrected chi connectivity index (χ2v) is 5.74. The Labute approximate surface area is 144 Å². The molecule has 1 N–H and O–H groups in total. The molecular weight excluding hydrogens is 312 g/mol. The Hall–Kier alpha value is -3.47. The van der Waals surface area contributed by atoms with Gasteiger partial charge >= 0.3 is 0 Å². The van der Waals surface area contributed by atoms with Crippen molar-refractivity contribution in [2.75, 3.05) is 0 Å². The molecule has 2 aromatic heterocycles. The van der Waals surface area contributed by atoms with E-state index >= 15 is 0 Å². The molecule has 122 valence electrons. The quantitative estimate of drug-likeness (QED) is 0.625. The first kappa shape index (κ1) is 15.1. The lowest BCUT2D eigenvalue weighted by atomic mass is 10.2. The molecule has 0 fully saturated rings. The van der Waals surface area contributed by atoms with Crippen LogP contribution in [0.1, 0.15) is 17.0 Å². The summed E-state index contributed by atoms with van der Waals surface area (Å²) in [5, 5.41) is 4.93. The number of hydrogen-bond donors (Lipinski definition) is 1. The van der Waals surface area contributed by atoms with Gasteiger partial charge in [-0.2, -0.15) is 5.10 Å². The van der Waals surface area contributed by atoms with Crippen LogP contribution in [0.2, 0.25) is 0 Å². The Balaban J connectivity index is 1.65. The molecule has 2 heterocycles. The average Bonchev–Trinajstić information content (AvgIpc) is 3.05. The first-order valence-corrected chi connectivity index (χ1v) is 8.02.